The Balaban J connectivity index is 0.000000406. The Hall–Kier alpha value is -2.61. The molecule has 1 saturated carbocycles. The molecule has 2 aliphatic rings. The molecule has 0 spiro atoms. The predicted octanol–water partition coefficient (Wildman–Crippen LogP) is 3.57. The molecule has 2 atom stereocenters. The maximum atomic E-state index is 12.4. The topological polar surface area (TPSA) is 125 Å². The van der Waals surface area contributed by atoms with Crippen LogP contribution in [0.2, 0.25) is 0 Å². The molecule has 3 N–H and O–H groups in total. The van der Waals surface area contributed by atoms with Crippen molar-refractivity contribution in [3.63, 3.8) is 0 Å². The van der Waals surface area contributed by atoms with Crippen molar-refractivity contribution in [2.45, 2.75) is 70.8 Å². The van der Waals surface area contributed by atoms with Crippen LogP contribution in [0.3, 0.4) is 0 Å². The van der Waals surface area contributed by atoms with E-state index in [0.717, 1.165) is 36.8 Å². The molecular formula is C22H33F4N5O4S. The summed E-state index contributed by atoms with van der Waals surface area (Å²) in [6.07, 6.45) is 4.47. The average molecular weight is 540 g/mol. The Kier molecular flexibility index (Phi) is 13.5. The molecule has 1 unspecified atom stereocenters. The number of hydrogen-bond acceptors (Lipinski definition) is 7. The fourth-order valence-electron chi connectivity index (χ4n) is 2.93. The molecule has 36 heavy (non-hydrogen) atoms. The number of nitrogens with one attached hydrogen (secondary N) is 2. The van der Waals surface area contributed by atoms with Crippen LogP contribution < -0.4 is 15.5 Å². The van der Waals surface area contributed by atoms with Gasteiger partial charge in [-0.3, -0.25) is 14.5 Å². The number of carbonyl (C=O) groups is 3. The highest BCUT2D eigenvalue weighted by Crippen LogP contribution is 2.34. The zero-order valence-electron chi connectivity index (χ0n) is 20.5. The van der Waals surface area contributed by atoms with Crippen LogP contribution in [-0.4, -0.2) is 65.4 Å². The van der Waals surface area contributed by atoms with Gasteiger partial charge in [-0.05, 0) is 25.8 Å². The number of carbonyl (C=O) groups excluding carboxylic acids is 2. The van der Waals surface area contributed by atoms with Gasteiger partial charge in [-0.1, -0.05) is 56.4 Å². The smallest absolute Gasteiger partial charge is 0.445 e. The lowest BCUT2D eigenvalue weighted by atomic mass is 9.91. The van der Waals surface area contributed by atoms with Gasteiger partial charge >= 0.3 is 12.1 Å². The van der Waals surface area contributed by atoms with Gasteiger partial charge in [-0.25, -0.2) is 9.18 Å². The molecule has 1 aliphatic heterocycles. The van der Waals surface area contributed by atoms with Crippen LogP contribution in [0.5, 0.6) is 0 Å². The third kappa shape index (κ3) is 11.9. The van der Waals surface area contributed by atoms with E-state index in [1.54, 1.807) is 0 Å². The minimum Gasteiger partial charge on any atom is -0.479 e. The third-order valence-corrected chi connectivity index (χ3v) is 6.35. The molecule has 0 bridgehead atoms. The van der Waals surface area contributed by atoms with Crippen LogP contribution in [-0.2, 0) is 20.6 Å². The molecule has 2 heterocycles. The number of carboxylic acid groups (broad SMARTS) is 1. The summed E-state index contributed by atoms with van der Waals surface area (Å²) in [7, 11) is 1.30. The van der Waals surface area contributed by atoms with Crippen LogP contribution in [0.15, 0.2) is 12.2 Å². The third-order valence-electron chi connectivity index (χ3n) is 5.30. The van der Waals surface area contributed by atoms with Crippen molar-refractivity contribution in [2.75, 3.05) is 25.0 Å². The summed E-state index contributed by atoms with van der Waals surface area (Å²) < 4.78 is 48.5. The SMILES string of the molecule is CC(F)C(=O)O.CC1CCCCC1.CN(C(=O)/C=C/CNC(=O)[C@@H]1CCN1)c1nnc(C(F)(F)F)s1. The Morgan fingerprint density at radius 1 is 1.22 bits per heavy atom. The second-order valence-electron chi connectivity index (χ2n) is 8.43. The molecule has 1 aliphatic carbocycles. The Bertz CT molecular complexity index is 869. The van der Waals surface area contributed by atoms with E-state index in [0.29, 0.717) is 0 Å². The zero-order chi connectivity index (χ0) is 27.3. The lowest BCUT2D eigenvalue weighted by Crippen LogP contribution is -2.53. The number of aliphatic carboxylic acids is 1. The number of rotatable bonds is 6. The number of amides is 2. The molecule has 1 aromatic rings. The average Bonchev–Trinajstić information content (AvgIpc) is 3.27. The summed E-state index contributed by atoms with van der Waals surface area (Å²) in [5, 5.41) is 18.2. The van der Waals surface area contributed by atoms with Crippen molar-refractivity contribution in [1.29, 1.82) is 0 Å². The summed E-state index contributed by atoms with van der Waals surface area (Å²) in [4.78, 5) is 33.6. The van der Waals surface area contributed by atoms with E-state index >= 15 is 0 Å². The van der Waals surface area contributed by atoms with Gasteiger partial charge in [0.1, 0.15) is 0 Å². The Morgan fingerprint density at radius 3 is 2.19 bits per heavy atom. The van der Waals surface area contributed by atoms with Gasteiger partial charge < -0.3 is 15.7 Å². The molecule has 0 aromatic carbocycles. The van der Waals surface area contributed by atoms with Crippen molar-refractivity contribution in [1.82, 2.24) is 20.8 Å². The predicted molar refractivity (Wildman–Crippen MR) is 127 cm³/mol. The van der Waals surface area contributed by atoms with E-state index in [9.17, 15) is 31.9 Å². The van der Waals surface area contributed by atoms with Gasteiger partial charge in [-0.2, -0.15) is 13.2 Å². The second-order valence-corrected chi connectivity index (χ2v) is 9.38. The molecule has 2 amide bonds. The molecule has 3 rings (SSSR count). The van der Waals surface area contributed by atoms with Gasteiger partial charge in [0.2, 0.25) is 16.0 Å². The molecule has 2 fully saturated rings. The van der Waals surface area contributed by atoms with Crippen molar-refractivity contribution in [3.8, 4) is 0 Å². The molecule has 0 radical (unpaired) electrons. The second kappa shape index (κ2) is 15.5. The maximum absolute atomic E-state index is 12.4. The lowest BCUT2D eigenvalue weighted by molar-refractivity contribution is -0.142. The highest BCUT2D eigenvalue weighted by atomic mass is 32.1. The number of carboxylic acids is 1. The standard InChI is InChI=1S/C12H14F3N5O2S.C7H14.C3H5FO2/c1-20(11-19-18-10(23-11)12(13,14)15)8(21)3-2-5-17-9(22)7-4-6-16-7;1-7-5-3-2-4-6-7;1-2(4)3(5)6/h2-3,7,16H,4-6H2,1H3,(H,17,22);7H,2-6H2,1H3;2H,1H3,(H,5,6)/b3-2+;;/t7-;;/m0../s1. The van der Waals surface area contributed by atoms with Gasteiger partial charge in [0.25, 0.3) is 5.91 Å². The van der Waals surface area contributed by atoms with Crippen molar-refractivity contribution in [2.24, 2.45) is 5.92 Å². The fourth-order valence-corrected chi connectivity index (χ4v) is 3.61. The fraction of sp³-hybridized carbons (Fsp3) is 0.682. The largest absolute Gasteiger partial charge is 0.479 e. The normalized spacial score (nSPS) is 18.6. The quantitative estimate of drug-likeness (QED) is 0.373. The monoisotopic (exact) mass is 539 g/mol. The summed E-state index contributed by atoms with van der Waals surface area (Å²) in [5.74, 6) is -1.09. The number of hydrogen-bond donors (Lipinski definition) is 3. The minimum absolute atomic E-state index is 0.152. The highest BCUT2D eigenvalue weighted by Gasteiger charge is 2.36. The van der Waals surface area contributed by atoms with Crippen LogP contribution in [0.4, 0.5) is 22.7 Å². The summed E-state index contributed by atoms with van der Waals surface area (Å²) >= 11 is 0.281. The first-order valence-corrected chi connectivity index (χ1v) is 12.4. The number of aromatic nitrogens is 2. The van der Waals surface area contributed by atoms with Crippen LogP contribution in [0.1, 0.15) is 57.4 Å². The summed E-state index contributed by atoms with van der Waals surface area (Å²) in [6.45, 7) is 4.29. The number of nitrogens with zero attached hydrogens (tertiary/aromatic N) is 3. The highest BCUT2D eigenvalue weighted by molar-refractivity contribution is 7.15. The van der Waals surface area contributed by atoms with E-state index in [4.69, 9.17) is 5.11 Å². The van der Waals surface area contributed by atoms with Crippen molar-refractivity contribution in [3.05, 3.63) is 17.2 Å². The van der Waals surface area contributed by atoms with E-state index < -0.39 is 29.2 Å². The van der Waals surface area contributed by atoms with Gasteiger partial charge in [0.15, 0.2) is 6.17 Å². The number of anilines is 1. The van der Waals surface area contributed by atoms with Gasteiger partial charge in [0, 0.05) is 19.7 Å². The Labute approximate surface area is 211 Å². The van der Waals surface area contributed by atoms with Crippen molar-refractivity contribution >= 4 is 34.3 Å². The van der Waals surface area contributed by atoms with Crippen molar-refractivity contribution < 1.29 is 37.1 Å². The maximum Gasteiger partial charge on any atom is 0.445 e. The van der Waals surface area contributed by atoms with E-state index in [-0.39, 0.29) is 35.0 Å². The first kappa shape index (κ1) is 31.4. The molecular weight excluding hydrogens is 506 g/mol. The van der Waals surface area contributed by atoms with Crippen LogP contribution in [0, 0.1) is 5.92 Å². The van der Waals surface area contributed by atoms with Gasteiger partial charge in [0.05, 0.1) is 6.04 Å². The van der Waals surface area contributed by atoms with Crippen LogP contribution in [0.25, 0.3) is 0 Å². The Morgan fingerprint density at radius 2 is 1.81 bits per heavy atom. The molecule has 1 saturated heterocycles. The van der Waals surface area contributed by atoms with Gasteiger partial charge in [-0.15, -0.1) is 10.2 Å². The first-order valence-electron chi connectivity index (χ1n) is 11.6. The number of likely N-dealkylation sites (N-methyl/N-ethyl adjacent to an activating group) is 1. The van der Waals surface area contributed by atoms with E-state index in [1.165, 1.54) is 45.2 Å². The number of alkyl halides is 4. The lowest BCUT2D eigenvalue weighted by Gasteiger charge is -2.25. The molecule has 14 heteroatoms. The molecule has 204 valence electrons. The first-order chi connectivity index (χ1) is 16.8. The number of halogens is 4. The zero-order valence-corrected chi connectivity index (χ0v) is 21.3. The molecule has 9 nitrogen and oxygen atoms in total. The van der Waals surface area contributed by atoms with E-state index in [2.05, 4.69) is 27.8 Å². The molecule has 1 aromatic heterocycles. The minimum atomic E-state index is -4.59. The van der Waals surface area contributed by atoms with Crippen LogP contribution >= 0.6 is 11.3 Å². The van der Waals surface area contributed by atoms with E-state index in [1.807, 2.05) is 0 Å². The summed E-state index contributed by atoms with van der Waals surface area (Å²) in [5.41, 5.74) is 0. The summed E-state index contributed by atoms with van der Waals surface area (Å²) in [6, 6.07) is -0.191.